The first-order valence-electron chi connectivity index (χ1n) is 5.96. The number of aromatic nitrogens is 2. The minimum atomic E-state index is -0.204. The molecule has 0 aliphatic carbocycles. The van der Waals surface area contributed by atoms with Crippen LogP contribution in [0.2, 0.25) is 0 Å². The third-order valence-electron chi connectivity index (χ3n) is 2.90. The van der Waals surface area contributed by atoms with Crippen LogP contribution in [0.5, 0.6) is 0 Å². The molecular formula is C14H16BrFN2. The summed E-state index contributed by atoms with van der Waals surface area (Å²) in [5, 5.41) is 5.23. The molecule has 0 fully saturated rings. The van der Waals surface area contributed by atoms with Gasteiger partial charge in [0.1, 0.15) is 5.82 Å². The van der Waals surface area contributed by atoms with E-state index >= 15 is 0 Å². The Morgan fingerprint density at radius 1 is 1.28 bits per heavy atom. The Kier molecular flexibility index (Phi) is 4.17. The standard InChI is InChI=1S/C14H16BrFN2/c1-10(2)14-12(7-15)8-17-18(14)9-11-3-5-13(16)6-4-11/h3-6,8,10H,7,9H2,1-2H3. The van der Waals surface area contributed by atoms with Crippen LogP contribution in [-0.2, 0) is 11.9 Å². The Balaban J connectivity index is 2.28. The van der Waals surface area contributed by atoms with Crippen molar-refractivity contribution in [2.45, 2.75) is 31.6 Å². The number of benzene rings is 1. The molecule has 2 nitrogen and oxygen atoms in total. The molecule has 2 aromatic rings. The van der Waals surface area contributed by atoms with Gasteiger partial charge in [-0.05, 0) is 23.6 Å². The molecule has 0 N–H and O–H groups in total. The van der Waals surface area contributed by atoms with E-state index in [2.05, 4.69) is 34.9 Å². The molecule has 0 atom stereocenters. The van der Waals surface area contributed by atoms with Crippen molar-refractivity contribution in [2.24, 2.45) is 0 Å². The first kappa shape index (κ1) is 13.3. The SMILES string of the molecule is CC(C)c1c(CBr)cnn1Cc1ccc(F)cc1. The fourth-order valence-electron chi connectivity index (χ4n) is 2.09. The topological polar surface area (TPSA) is 17.8 Å². The average Bonchev–Trinajstić information content (AvgIpc) is 2.75. The molecule has 18 heavy (non-hydrogen) atoms. The number of halogens is 2. The minimum absolute atomic E-state index is 0.204. The van der Waals surface area contributed by atoms with Gasteiger partial charge in [0.05, 0.1) is 12.7 Å². The number of hydrogen-bond donors (Lipinski definition) is 0. The molecule has 0 aliphatic heterocycles. The summed E-state index contributed by atoms with van der Waals surface area (Å²) < 4.78 is 14.9. The second-order valence-electron chi connectivity index (χ2n) is 4.63. The van der Waals surface area contributed by atoms with Crippen LogP contribution in [-0.4, -0.2) is 9.78 Å². The Morgan fingerprint density at radius 2 is 1.94 bits per heavy atom. The van der Waals surface area contributed by atoms with Crippen LogP contribution in [0.15, 0.2) is 30.5 Å². The molecule has 0 bridgehead atoms. The molecule has 0 radical (unpaired) electrons. The molecule has 0 saturated carbocycles. The molecule has 1 heterocycles. The quantitative estimate of drug-likeness (QED) is 0.778. The van der Waals surface area contributed by atoms with Gasteiger partial charge < -0.3 is 0 Å². The number of nitrogens with zero attached hydrogens (tertiary/aromatic N) is 2. The molecule has 0 amide bonds. The Morgan fingerprint density at radius 3 is 2.50 bits per heavy atom. The summed E-state index contributed by atoms with van der Waals surface area (Å²) in [5.74, 6) is 0.213. The third kappa shape index (κ3) is 2.80. The number of alkyl halides is 1. The second-order valence-corrected chi connectivity index (χ2v) is 5.19. The van der Waals surface area contributed by atoms with Gasteiger partial charge in [0.25, 0.3) is 0 Å². The van der Waals surface area contributed by atoms with Gasteiger partial charge in [-0.2, -0.15) is 5.10 Å². The van der Waals surface area contributed by atoms with E-state index in [-0.39, 0.29) is 5.82 Å². The number of rotatable bonds is 4. The lowest BCUT2D eigenvalue weighted by Crippen LogP contribution is -2.08. The van der Waals surface area contributed by atoms with Crippen LogP contribution in [0.1, 0.15) is 36.6 Å². The summed E-state index contributed by atoms with van der Waals surface area (Å²) >= 11 is 3.48. The maximum Gasteiger partial charge on any atom is 0.123 e. The van der Waals surface area contributed by atoms with E-state index in [1.54, 1.807) is 12.1 Å². The molecule has 1 aromatic carbocycles. The first-order chi connectivity index (χ1) is 8.61. The summed E-state index contributed by atoms with van der Waals surface area (Å²) in [6.07, 6.45) is 1.90. The Bertz CT molecular complexity index is 517. The maximum atomic E-state index is 12.9. The fraction of sp³-hybridized carbons (Fsp3) is 0.357. The monoisotopic (exact) mass is 310 g/mol. The summed E-state index contributed by atoms with van der Waals surface area (Å²) in [4.78, 5) is 0. The van der Waals surface area contributed by atoms with Gasteiger partial charge in [-0.3, -0.25) is 4.68 Å². The van der Waals surface area contributed by atoms with Crippen molar-refractivity contribution in [1.29, 1.82) is 0 Å². The zero-order valence-electron chi connectivity index (χ0n) is 10.5. The summed E-state index contributed by atoms with van der Waals surface area (Å²) in [5.41, 5.74) is 3.51. The average molecular weight is 311 g/mol. The van der Waals surface area contributed by atoms with Crippen molar-refractivity contribution in [3.8, 4) is 0 Å². The highest BCUT2D eigenvalue weighted by atomic mass is 79.9. The van der Waals surface area contributed by atoms with E-state index in [0.717, 1.165) is 10.9 Å². The van der Waals surface area contributed by atoms with E-state index < -0.39 is 0 Å². The fourth-order valence-corrected chi connectivity index (χ4v) is 2.53. The van der Waals surface area contributed by atoms with Gasteiger partial charge in [0.15, 0.2) is 0 Å². The van der Waals surface area contributed by atoms with E-state index in [1.807, 2.05) is 10.9 Å². The van der Waals surface area contributed by atoms with Crippen molar-refractivity contribution < 1.29 is 4.39 Å². The predicted molar refractivity (Wildman–Crippen MR) is 74.4 cm³/mol. The van der Waals surface area contributed by atoms with Crippen LogP contribution in [0.4, 0.5) is 4.39 Å². The zero-order valence-corrected chi connectivity index (χ0v) is 12.1. The molecule has 0 unspecified atom stereocenters. The predicted octanol–water partition coefficient (Wildman–Crippen LogP) is 4.09. The van der Waals surface area contributed by atoms with Gasteiger partial charge in [-0.25, -0.2) is 4.39 Å². The van der Waals surface area contributed by atoms with Crippen molar-refractivity contribution in [2.75, 3.05) is 0 Å². The Hall–Kier alpha value is -1.16. The molecule has 0 spiro atoms. The van der Waals surface area contributed by atoms with E-state index in [9.17, 15) is 4.39 Å². The molecule has 2 rings (SSSR count). The summed E-state index contributed by atoms with van der Waals surface area (Å²) in [6.45, 7) is 5.00. The van der Waals surface area contributed by atoms with E-state index in [1.165, 1.54) is 23.4 Å². The molecule has 1 aromatic heterocycles. The molecular weight excluding hydrogens is 295 g/mol. The number of hydrogen-bond acceptors (Lipinski definition) is 1. The highest BCUT2D eigenvalue weighted by molar-refractivity contribution is 9.08. The first-order valence-corrected chi connectivity index (χ1v) is 7.09. The molecule has 4 heteroatoms. The van der Waals surface area contributed by atoms with Gasteiger partial charge in [0.2, 0.25) is 0 Å². The normalized spacial score (nSPS) is 11.2. The third-order valence-corrected chi connectivity index (χ3v) is 3.50. The zero-order chi connectivity index (χ0) is 13.1. The van der Waals surface area contributed by atoms with Crippen LogP contribution in [0.25, 0.3) is 0 Å². The van der Waals surface area contributed by atoms with Crippen molar-refractivity contribution >= 4 is 15.9 Å². The van der Waals surface area contributed by atoms with Crippen molar-refractivity contribution in [3.05, 3.63) is 53.1 Å². The van der Waals surface area contributed by atoms with Gasteiger partial charge in [-0.1, -0.05) is 41.9 Å². The largest absolute Gasteiger partial charge is 0.265 e. The van der Waals surface area contributed by atoms with Crippen molar-refractivity contribution in [3.63, 3.8) is 0 Å². The molecule has 96 valence electrons. The maximum absolute atomic E-state index is 12.9. The van der Waals surface area contributed by atoms with Crippen LogP contribution in [0, 0.1) is 5.82 Å². The van der Waals surface area contributed by atoms with Gasteiger partial charge in [-0.15, -0.1) is 0 Å². The van der Waals surface area contributed by atoms with Crippen molar-refractivity contribution in [1.82, 2.24) is 9.78 Å². The highest BCUT2D eigenvalue weighted by Gasteiger charge is 2.13. The van der Waals surface area contributed by atoms with E-state index in [4.69, 9.17) is 0 Å². The van der Waals surface area contributed by atoms with Crippen LogP contribution < -0.4 is 0 Å². The highest BCUT2D eigenvalue weighted by Crippen LogP contribution is 2.22. The second kappa shape index (κ2) is 5.65. The summed E-state index contributed by atoms with van der Waals surface area (Å²) in [7, 11) is 0. The lowest BCUT2D eigenvalue weighted by atomic mass is 10.1. The van der Waals surface area contributed by atoms with E-state index in [0.29, 0.717) is 12.5 Å². The lowest BCUT2D eigenvalue weighted by Gasteiger charge is -2.12. The molecule has 0 aliphatic rings. The van der Waals surface area contributed by atoms with Crippen LogP contribution >= 0.6 is 15.9 Å². The summed E-state index contributed by atoms with van der Waals surface area (Å²) in [6, 6.07) is 6.57. The van der Waals surface area contributed by atoms with Crippen LogP contribution in [0.3, 0.4) is 0 Å². The smallest absolute Gasteiger partial charge is 0.123 e. The lowest BCUT2D eigenvalue weighted by molar-refractivity contribution is 0.608. The molecule has 0 saturated heterocycles. The van der Waals surface area contributed by atoms with Gasteiger partial charge in [0, 0.05) is 16.6 Å². The Labute approximate surface area is 115 Å². The minimum Gasteiger partial charge on any atom is -0.265 e. The van der Waals surface area contributed by atoms with Gasteiger partial charge >= 0.3 is 0 Å².